The van der Waals surface area contributed by atoms with Gasteiger partial charge in [0.05, 0.1) is 22.3 Å². The molecule has 0 saturated carbocycles. The molecule has 0 radical (unpaired) electrons. The molecular formula is C15H15Cl2FN2O. The maximum Gasteiger partial charge on any atom is 0.126 e. The summed E-state index contributed by atoms with van der Waals surface area (Å²) >= 11 is 12.0. The Morgan fingerprint density at radius 3 is 2.43 bits per heavy atom. The third-order valence-corrected chi connectivity index (χ3v) is 3.27. The van der Waals surface area contributed by atoms with E-state index in [1.807, 2.05) is 6.92 Å². The van der Waals surface area contributed by atoms with Crippen LogP contribution in [0.15, 0.2) is 30.3 Å². The van der Waals surface area contributed by atoms with Crippen molar-refractivity contribution >= 4 is 40.3 Å². The predicted octanol–water partition coefficient (Wildman–Crippen LogP) is 5.25. The van der Waals surface area contributed by atoms with Crippen LogP contribution in [0.5, 0.6) is 5.75 Å². The summed E-state index contributed by atoms with van der Waals surface area (Å²) in [6, 6.07) is 7.61. The molecule has 2 aromatic rings. The van der Waals surface area contributed by atoms with Gasteiger partial charge in [-0.2, -0.15) is 0 Å². The topological polar surface area (TPSA) is 47.3 Å². The Balaban J connectivity index is 2.29. The van der Waals surface area contributed by atoms with Crippen LogP contribution < -0.4 is 15.8 Å². The minimum atomic E-state index is -0.491. The van der Waals surface area contributed by atoms with Gasteiger partial charge < -0.3 is 15.8 Å². The molecule has 3 N–H and O–H groups in total. The predicted molar refractivity (Wildman–Crippen MR) is 86.3 cm³/mol. The number of benzene rings is 2. The number of nitrogens with one attached hydrogen (secondary N) is 1. The van der Waals surface area contributed by atoms with E-state index in [2.05, 4.69) is 5.32 Å². The van der Waals surface area contributed by atoms with E-state index < -0.39 is 5.82 Å². The zero-order chi connectivity index (χ0) is 15.4. The summed E-state index contributed by atoms with van der Waals surface area (Å²) in [4.78, 5) is 0. The monoisotopic (exact) mass is 328 g/mol. The van der Waals surface area contributed by atoms with Crippen molar-refractivity contribution in [2.24, 2.45) is 0 Å². The van der Waals surface area contributed by atoms with Crippen molar-refractivity contribution in [3.8, 4) is 5.75 Å². The highest BCUT2D eigenvalue weighted by Gasteiger charge is 2.10. The molecule has 2 aromatic carbocycles. The molecule has 0 spiro atoms. The van der Waals surface area contributed by atoms with Crippen molar-refractivity contribution < 1.29 is 9.13 Å². The summed E-state index contributed by atoms with van der Waals surface area (Å²) in [5.74, 6) is 0.156. The van der Waals surface area contributed by atoms with Crippen LogP contribution >= 0.6 is 23.2 Å². The first kappa shape index (κ1) is 15.7. The SMILES string of the molecule is CCCOc1cc(N)cc(Nc2c(Cl)cc(F)cc2Cl)c1. The summed E-state index contributed by atoms with van der Waals surface area (Å²) in [5.41, 5.74) is 7.47. The smallest absolute Gasteiger partial charge is 0.126 e. The fraction of sp³-hybridized carbons (Fsp3) is 0.200. The van der Waals surface area contributed by atoms with Crippen LogP contribution in [0.3, 0.4) is 0 Å². The number of anilines is 3. The van der Waals surface area contributed by atoms with Crippen molar-refractivity contribution in [2.45, 2.75) is 13.3 Å². The molecule has 0 saturated heterocycles. The minimum Gasteiger partial charge on any atom is -0.493 e. The Morgan fingerprint density at radius 2 is 1.81 bits per heavy atom. The van der Waals surface area contributed by atoms with Gasteiger partial charge in [0.25, 0.3) is 0 Å². The fourth-order valence-electron chi connectivity index (χ4n) is 1.80. The van der Waals surface area contributed by atoms with Gasteiger partial charge in [-0.1, -0.05) is 30.1 Å². The van der Waals surface area contributed by atoms with Crippen molar-refractivity contribution in [1.29, 1.82) is 0 Å². The molecule has 21 heavy (non-hydrogen) atoms. The Kier molecular flexibility index (Phi) is 5.15. The molecule has 0 bridgehead atoms. The quantitative estimate of drug-likeness (QED) is 0.737. The third-order valence-electron chi connectivity index (χ3n) is 2.68. The number of ether oxygens (including phenoxy) is 1. The molecule has 0 unspecified atom stereocenters. The molecule has 0 aliphatic heterocycles. The zero-order valence-corrected chi connectivity index (χ0v) is 12.9. The fourth-order valence-corrected chi connectivity index (χ4v) is 2.36. The van der Waals surface area contributed by atoms with Gasteiger partial charge in [0.2, 0.25) is 0 Å². The average molecular weight is 329 g/mol. The first-order valence-corrected chi connectivity index (χ1v) is 7.20. The van der Waals surface area contributed by atoms with Gasteiger partial charge in [0, 0.05) is 23.5 Å². The van der Waals surface area contributed by atoms with E-state index in [-0.39, 0.29) is 10.0 Å². The van der Waals surface area contributed by atoms with Crippen LogP contribution in [0.1, 0.15) is 13.3 Å². The molecule has 0 aromatic heterocycles. The number of rotatable bonds is 5. The van der Waals surface area contributed by atoms with Gasteiger partial charge >= 0.3 is 0 Å². The lowest BCUT2D eigenvalue weighted by Gasteiger charge is -2.13. The van der Waals surface area contributed by atoms with Crippen LogP contribution in [0.4, 0.5) is 21.5 Å². The first-order valence-electron chi connectivity index (χ1n) is 6.44. The number of hydrogen-bond acceptors (Lipinski definition) is 3. The van der Waals surface area contributed by atoms with Crippen molar-refractivity contribution in [3.63, 3.8) is 0 Å². The summed E-state index contributed by atoms with van der Waals surface area (Å²) in [7, 11) is 0. The second-order valence-electron chi connectivity index (χ2n) is 4.51. The van der Waals surface area contributed by atoms with Crippen LogP contribution in [0, 0.1) is 5.82 Å². The first-order chi connectivity index (χ1) is 9.99. The Labute approximate surface area is 132 Å². The normalized spacial score (nSPS) is 10.5. The van der Waals surface area contributed by atoms with E-state index in [0.717, 1.165) is 6.42 Å². The molecule has 0 heterocycles. The summed E-state index contributed by atoms with van der Waals surface area (Å²) in [5, 5.41) is 3.42. The standard InChI is InChI=1S/C15H15Cl2FN2O/c1-2-3-21-12-7-10(19)6-11(8-12)20-15-13(16)4-9(18)5-14(15)17/h4-8,20H,2-3,19H2,1H3. The Bertz CT molecular complexity index is 627. The zero-order valence-electron chi connectivity index (χ0n) is 11.4. The van der Waals surface area contributed by atoms with Crippen LogP contribution in [-0.2, 0) is 0 Å². The van der Waals surface area contributed by atoms with E-state index in [9.17, 15) is 4.39 Å². The van der Waals surface area contributed by atoms with E-state index in [1.54, 1.807) is 18.2 Å². The molecule has 6 heteroatoms. The van der Waals surface area contributed by atoms with Crippen molar-refractivity contribution in [3.05, 3.63) is 46.2 Å². The largest absolute Gasteiger partial charge is 0.493 e. The van der Waals surface area contributed by atoms with Crippen molar-refractivity contribution in [1.82, 2.24) is 0 Å². The maximum absolute atomic E-state index is 13.2. The Morgan fingerprint density at radius 1 is 1.14 bits per heavy atom. The highest BCUT2D eigenvalue weighted by atomic mass is 35.5. The van der Waals surface area contributed by atoms with E-state index in [1.165, 1.54) is 12.1 Å². The van der Waals surface area contributed by atoms with E-state index in [4.69, 9.17) is 33.7 Å². The molecule has 0 amide bonds. The van der Waals surface area contributed by atoms with Gasteiger partial charge in [0.15, 0.2) is 0 Å². The number of nitrogens with two attached hydrogens (primary N) is 1. The second-order valence-corrected chi connectivity index (χ2v) is 5.32. The van der Waals surface area contributed by atoms with Crippen LogP contribution in [-0.4, -0.2) is 6.61 Å². The molecule has 0 atom stereocenters. The lowest BCUT2D eigenvalue weighted by atomic mass is 10.2. The lowest BCUT2D eigenvalue weighted by molar-refractivity contribution is 0.318. The van der Waals surface area contributed by atoms with Crippen LogP contribution in [0.2, 0.25) is 10.0 Å². The maximum atomic E-state index is 13.2. The highest BCUT2D eigenvalue weighted by Crippen LogP contribution is 2.35. The summed E-state index contributed by atoms with van der Waals surface area (Å²) < 4.78 is 18.7. The van der Waals surface area contributed by atoms with Gasteiger partial charge in [-0.3, -0.25) is 0 Å². The summed E-state index contributed by atoms with van der Waals surface area (Å²) in [6.45, 7) is 2.62. The van der Waals surface area contributed by atoms with Crippen molar-refractivity contribution in [2.75, 3.05) is 17.7 Å². The highest BCUT2D eigenvalue weighted by molar-refractivity contribution is 6.39. The molecule has 112 valence electrons. The third kappa shape index (κ3) is 4.16. The van der Waals surface area contributed by atoms with Gasteiger partial charge in [0.1, 0.15) is 11.6 Å². The van der Waals surface area contributed by atoms with Gasteiger partial charge in [-0.05, 0) is 24.6 Å². The molecule has 3 nitrogen and oxygen atoms in total. The second kappa shape index (κ2) is 6.87. The van der Waals surface area contributed by atoms with E-state index >= 15 is 0 Å². The molecule has 2 rings (SSSR count). The number of hydrogen-bond donors (Lipinski definition) is 2. The molecule has 0 fully saturated rings. The van der Waals surface area contributed by atoms with Gasteiger partial charge in [-0.25, -0.2) is 4.39 Å². The average Bonchev–Trinajstić information content (AvgIpc) is 2.40. The minimum absolute atomic E-state index is 0.193. The Hall–Kier alpha value is -1.65. The van der Waals surface area contributed by atoms with Crippen LogP contribution in [0.25, 0.3) is 0 Å². The van der Waals surface area contributed by atoms with E-state index in [0.29, 0.717) is 29.4 Å². The van der Waals surface area contributed by atoms with Gasteiger partial charge in [-0.15, -0.1) is 0 Å². The number of halogens is 3. The number of nitrogen functional groups attached to an aromatic ring is 1. The molecular weight excluding hydrogens is 314 g/mol. The summed E-state index contributed by atoms with van der Waals surface area (Å²) in [6.07, 6.45) is 0.896. The molecule has 0 aliphatic rings. The lowest BCUT2D eigenvalue weighted by Crippen LogP contribution is -1.99. The molecule has 0 aliphatic carbocycles.